The monoisotopic (exact) mass is 233 g/mol. The van der Waals surface area contributed by atoms with E-state index in [1.807, 2.05) is 0 Å². The number of hydrogen-bond acceptors (Lipinski definition) is 1. The fourth-order valence-corrected chi connectivity index (χ4v) is 1.87. The maximum atomic E-state index is 12.4. The average Bonchev–Trinajstić information content (AvgIpc) is 2.67. The van der Waals surface area contributed by atoms with E-state index < -0.39 is 30.0 Å². The lowest BCUT2D eigenvalue weighted by Crippen LogP contribution is -2.27. The van der Waals surface area contributed by atoms with Gasteiger partial charge in [0.2, 0.25) is 0 Å². The molecule has 0 spiro atoms. The zero-order valence-electron chi connectivity index (χ0n) is 7.37. The lowest BCUT2D eigenvalue weighted by molar-refractivity contribution is -0.315. The smallest absolute Gasteiger partial charge is 0.282 e. The standard InChI is InChI=1S/C8H7F6O/c9-7(10,11)6(1-2-6)4-3-5(4)15-8(12,13)14/h4H,1-3H2. The predicted molar refractivity (Wildman–Crippen MR) is 36.2 cm³/mol. The molecule has 1 unspecified atom stereocenters. The summed E-state index contributed by atoms with van der Waals surface area (Å²) in [5.74, 6) is -1.08. The van der Waals surface area contributed by atoms with Crippen molar-refractivity contribution in [3.05, 3.63) is 6.10 Å². The third kappa shape index (κ3) is 1.93. The van der Waals surface area contributed by atoms with E-state index in [-0.39, 0.29) is 19.3 Å². The van der Waals surface area contributed by atoms with Crippen LogP contribution in [0, 0.1) is 17.4 Å². The quantitative estimate of drug-likeness (QED) is 0.664. The van der Waals surface area contributed by atoms with E-state index in [0.717, 1.165) is 0 Å². The topological polar surface area (TPSA) is 9.23 Å². The van der Waals surface area contributed by atoms with Crippen LogP contribution in [-0.4, -0.2) is 12.5 Å². The molecule has 0 aliphatic heterocycles. The first kappa shape index (κ1) is 11.0. The van der Waals surface area contributed by atoms with Gasteiger partial charge < -0.3 is 0 Å². The first-order valence-electron chi connectivity index (χ1n) is 4.34. The van der Waals surface area contributed by atoms with Gasteiger partial charge in [0.1, 0.15) is 6.10 Å². The van der Waals surface area contributed by atoms with Gasteiger partial charge in [-0.05, 0) is 19.3 Å². The molecule has 0 bridgehead atoms. The Bertz CT molecular complexity index is 263. The zero-order valence-corrected chi connectivity index (χ0v) is 7.37. The molecule has 15 heavy (non-hydrogen) atoms. The summed E-state index contributed by atoms with van der Waals surface area (Å²) in [6.45, 7) is 0. The lowest BCUT2D eigenvalue weighted by atomic mass is 10.00. The Kier molecular flexibility index (Phi) is 2.07. The maximum Gasteiger partial charge on any atom is 0.523 e. The first-order valence-corrected chi connectivity index (χ1v) is 4.34. The summed E-state index contributed by atoms with van der Waals surface area (Å²) in [5, 5.41) is 0. The molecule has 2 rings (SSSR count). The summed E-state index contributed by atoms with van der Waals surface area (Å²) in [4.78, 5) is 0. The highest BCUT2D eigenvalue weighted by Gasteiger charge is 2.74. The molecule has 0 saturated heterocycles. The Morgan fingerprint density at radius 2 is 1.60 bits per heavy atom. The Morgan fingerprint density at radius 1 is 1.07 bits per heavy atom. The molecule has 7 heteroatoms. The highest BCUT2D eigenvalue weighted by molar-refractivity contribution is 5.21. The molecular weight excluding hydrogens is 226 g/mol. The molecule has 1 radical (unpaired) electrons. The van der Waals surface area contributed by atoms with Gasteiger partial charge in [-0.1, -0.05) is 0 Å². The van der Waals surface area contributed by atoms with E-state index in [1.165, 1.54) is 0 Å². The first-order chi connectivity index (χ1) is 6.66. The maximum absolute atomic E-state index is 12.4. The molecule has 0 aromatic carbocycles. The molecule has 0 heterocycles. The summed E-state index contributed by atoms with van der Waals surface area (Å²) in [5.41, 5.74) is -1.92. The molecule has 2 saturated carbocycles. The van der Waals surface area contributed by atoms with Crippen molar-refractivity contribution >= 4 is 0 Å². The van der Waals surface area contributed by atoms with Crippen LogP contribution in [0.2, 0.25) is 0 Å². The summed E-state index contributed by atoms with van der Waals surface area (Å²) >= 11 is 0. The van der Waals surface area contributed by atoms with E-state index >= 15 is 0 Å². The van der Waals surface area contributed by atoms with Crippen molar-refractivity contribution in [1.29, 1.82) is 0 Å². The Balaban J connectivity index is 1.95. The highest BCUT2D eigenvalue weighted by Crippen LogP contribution is 2.72. The third-order valence-corrected chi connectivity index (χ3v) is 2.90. The van der Waals surface area contributed by atoms with Gasteiger partial charge >= 0.3 is 12.5 Å². The molecule has 87 valence electrons. The summed E-state index contributed by atoms with van der Waals surface area (Å²) in [6, 6.07) is 0. The van der Waals surface area contributed by atoms with Crippen LogP contribution in [0.15, 0.2) is 0 Å². The van der Waals surface area contributed by atoms with Gasteiger partial charge in [-0.3, -0.25) is 4.74 Å². The summed E-state index contributed by atoms with van der Waals surface area (Å²) in [6.07, 6.45) is -10.2. The van der Waals surface area contributed by atoms with Crippen LogP contribution >= 0.6 is 0 Å². The van der Waals surface area contributed by atoms with E-state index in [1.54, 1.807) is 0 Å². The minimum atomic E-state index is -4.87. The van der Waals surface area contributed by atoms with Crippen LogP contribution in [0.25, 0.3) is 0 Å². The molecule has 0 amide bonds. The number of hydrogen-bond donors (Lipinski definition) is 0. The second-order valence-electron chi connectivity index (χ2n) is 3.92. The van der Waals surface area contributed by atoms with Crippen molar-refractivity contribution in [3.8, 4) is 0 Å². The largest absolute Gasteiger partial charge is 0.523 e. The second-order valence-corrected chi connectivity index (χ2v) is 3.92. The Morgan fingerprint density at radius 3 is 1.93 bits per heavy atom. The van der Waals surface area contributed by atoms with Crippen LogP contribution in [0.1, 0.15) is 19.3 Å². The predicted octanol–water partition coefficient (Wildman–Crippen LogP) is 3.42. The molecule has 0 aromatic rings. The fraction of sp³-hybridized carbons (Fsp3) is 0.875. The van der Waals surface area contributed by atoms with E-state index in [9.17, 15) is 26.3 Å². The van der Waals surface area contributed by atoms with E-state index in [4.69, 9.17) is 0 Å². The van der Waals surface area contributed by atoms with E-state index in [2.05, 4.69) is 4.74 Å². The molecule has 1 nitrogen and oxygen atoms in total. The molecule has 2 aliphatic carbocycles. The molecule has 2 aliphatic rings. The van der Waals surface area contributed by atoms with Crippen molar-refractivity contribution in [2.75, 3.05) is 0 Å². The average molecular weight is 233 g/mol. The summed E-state index contributed by atoms with van der Waals surface area (Å²) in [7, 11) is 0. The van der Waals surface area contributed by atoms with Gasteiger partial charge in [0.05, 0.1) is 5.41 Å². The van der Waals surface area contributed by atoms with Gasteiger partial charge in [-0.2, -0.15) is 13.2 Å². The van der Waals surface area contributed by atoms with Gasteiger partial charge in [0, 0.05) is 5.92 Å². The van der Waals surface area contributed by atoms with Crippen LogP contribution in [0.3, 0.4) is 0 Å². The van der Waals surface area contributed by atoms with Crippen molar-refractivity contribution in [3.63, 3.8) is 0 Å². The third-order valence-electron chi connectivity index (χ3n) is 2.90. The second kappa shape index (κ2) is 2.81. The Labute approximate surface area is 81.4 Å². The number of alkyl halides is 6. The molecular formula is C8H7F6O. The van der Waals surface area contributed by atoms with Crippen LogP contribution in [0.4, 0.5) is 26.3 Å². The van der Waals surface area contributed by atoms with Crippen molar-refractivity contribution < 1.29 is 31.1 Å². The number of rotatable bonds is 2. The van der Waals surface area contributed by atoms with Gasteiger partial charge in [0.15, 0.2) is 0 Å². The van der Waals surface area contributed by atoms with Crippen molar-refractivity contribution in [2.45, 2.75) is 31.8 Å². The minimum absolute atomic E-state index is 0.0914. The van der Waals surface area contributed by atoms with Crippen molar-refractivity contribution in [1.82, 2.24) is 0 Å². The van der Waals surface area contributed by atoms with Gasteiger partial charge in [-0.25, -0.2) is 0 Å². The van der Waals surface area contributed by atoms with Crippen molar-refractivity contribution in [2.24, 2.45) is 11.3 Å². The van der Waals surface area contributed by atoms with Crippen LogP contribution < -0.4 is 0 Å². The van der Waals surface area contributed by atoms with E-state index in [0.29, 0.717) is 0 Å². The SMILES string of the molecule is FC(F)(F)O[C]1CC1C1(C(F)(F)F)CC1. The molecule has 0 N–H and O–H groups in total. The molecule has 0 aromatic heterocycles. The zero-order chi connectivity index (χ0) is 11.5. The summed E-state index contributed by atoms with van der Waals surface area (Å²) < 4.78 is 75.9. The fourth-order valence-electron chi connectivity index (χ4n) is 1.87. The lowest BCUT2D eigenvalue weighted by Gasteiger charge is -2.18. The van der Waals surface area contributed by atoms with Crippen LogP contribution in [-0.2, 0) is 4.74 Å². The molecule has 1 atom stereocenters. The highest BCUT2D eigenvalue weighted by atomic mass is 19.4. The Hall–Kier alpha value is -0.460. The normalized spacial score (nSPS) is 30.4. The number of ether oxygens (including phenoxy) is 1. The van der Waals surface area contributed by atoms with Gasteiger partial charge in [-0.15, -0.1) is 13.2 Å². The minimum Gasteiger partial charge on any atom is -0.282 e. The van der Waals surface area contributed by atoms with Crippen LogP contribution in [0.5, 0.6) is 0 Å². The number of halogens is 6. The molecule has 2 fully saturated rings. The van der Waals surface area contributed by atoms with Gasteiger partial charge in [0.25, 0.3) is 0 Å².